The Morgan fingerprint density at radius 1 is 1.14 bits per heavy atom. The molecule has 1 aromatic carbocycles. The number of hydrogen-bond acceptors (Lipinski definition) is 7. The Kier molecular flexibility index (Phi) is 5.88. The molecule has 146 valence electrons. The van der Waals surface area contributed by atoms with Gasteiger partial charge in [0.15, 0.2) is 5.78 Å². The molecule has 2 aromatic rings. The van der Waals surface area contributed by atoms with Crippen molar-refractivity contribution in [2.75, 3.05) is 5.01 Å². The molecule has 0 N–H and O–H groups in total. The van der Waals surface area contributed by atoms with E-state index in [2.05, 4.69) is 10.2 Å². The topological polar surface area (TPSA) is 111 Å². The van der Waals surface area contributed by atoms with E-state index in [4.69, 9.17) is 0 Å². The van der Waals surface area contributed by atoms with Gasteiger partial charge in [-0.25, -0.2) is 9.69 Å². The van der Waals surface area contributed by atoms with Gasteiger partial charge in [0.05, 0.1) is 15.5 Å². The number of aromatic nitrogens is 3. The number of carbonyl (C=O) groups excluding carboxylic acids is 2. The molecule has 0 atom stereocenters. The normalized spacial score (nSPS) is 13.4. The number of Topliss-reactive ketones (excluding diaryl/α,β-unsaturated/α-hetero) is 1. The number of nitrogens with zero attached hydrogens (tertiary/aromatic N) is 5. The number of allylic oxidation sites excluding steroid dienone is 1. The zero-order valence-electron chi connectivity index (χ0n) is 15.5. The van der Waals surface area contributed by atoms with Gasteiger partial charge in [-0.05, 0) is 36.7 Å². The Bertz CT molecular complexity index is 951. The average Bonchev–Trinajstić information content (AvgIpc) is 3.15. The molecular formula is C18H19N5O4S. The molecule has 0 fully saturated rings. The van der Waals surface area contributed by atoms with Crippen LogP contribution in [0.2, 0.25) is 0 Å². The van der Waals surface area contributed by atoms with Gasteiger partial charge in [0, 0.05) is 30.5 Å². The molecule has 0 bridgehead atoms. The van der Waals surface area contributed by atoms with Gasteiger partial charge in [-0.3, -0.25) is 19.7 Å². The average molecular weight is 401 g/mol. The van der Waals surface area contributed by atoms with Gasteiger partial charge < -0.3 is 0 Å². The van der Waals surface area contributed by atoms with Crippen LogP contribution >= 0.6 is 11.8 Å². The smallest absolute Gasteiger partial charge is 0.269 e. The van der Waals surface area contributed by atoms with Crippen LogP contribution in [0, 0.1) is 10.1 Å². The van der Waals surface area contributed by atoms with Crippen molar-refractivity contribution in [1.29, 1.82) is 0 Å². The van der Waals surface area contributed by atoms with Crippen molar-refractivity contribution in [3.63, 3.8) is 0 Å². The summed E-state index contributed by atoms with van der Waals surface area (Å²) in [5, 5.41) is 20.7. The van der Waals surface area contributed by atoms with E-state index in [0.717, 1.165) is 11.8 Å². The molecule has 1 aliphatic rings. The maximum absolute atomic E-state index is 12.9. The monoisotopic (exact) mass is 401 g/mol. The van der Waals surface area contributed by atoms with E-state index < -0.39 is 4.92 Å². The highest BCUT2D eigenvalue weighted by Gasteiger charge is 2.34. The van der Waals surface area contributed by atoms with Gasteiger partial charge in [0.1, 0.15) is 6.33 Å². The minimum atomic E-state index is -0.491. The Morgan fingerprint density at radius 3 is 2.43 bits per heavy atom. The van der Waals surface area contributed by atoms with Crippen LogP contribution in [0.3, 0.4) is 0 Å². The minimum Gasteiger partial charge on any atom is -0.294 e. The summed E-state index contributed by atoms with van der Waals surface area (Å²) in [5.74, 6) is -0.316. The van der Waals surface area contributed by atoms with Gasteiger partial charge in [-0.1, -0.05) is 13.8 Å². The number of amides is 1. The van der Waals surface area contributed by atoms with Crippen molar-refractivity contribution in [3.05, 3.63) is 51.2 Å². The standard InChI is InChI=1S/C18H19N5O4S/c1-3-5-14(24)17-16(12-7-9-13(10-8-12)23(26)27)22(15(25)6-4-2)21-11-19-20-18(21)28-17/h7-11H,3-6H2,1-2H3. The van der Waals surface area contributed by atoms with Crippen molar-refractivity contribution in [2.45, 2.75) is 44.7 Å². The fourth-order valence-corrected chi connectivity index (χ4v) is 3.87. The van der Waals surface area contributed by atoms with Crippen molar-refractivity contribution in [3.8, 4) is 0 Å². The van der Waals surface area contributed by atoms with E-state index in [0.29, 0.717) is 40.6 Å². The van der Waals surface area contributed by atoms with E-state index in [1.54, 1.807) is 12.1 Å². The zero-order chi connectivity index (χ0) is 20.3. The number of hydrogen-bond donors (Lipinski definition) is 0. The highest BCUT2D eigenvalue weighted by atomic mass is 32.2. The lowest BCUT2D eigenvalue weighted by Gasteiger charge is -2.32. The first-order valence-corrected chi connectivity index (χ1v) is 9.73. The molecule has 2 heterocycles. The molecule has 0 aliphatic carbocycles. The number of ketones is 1. The molecule has 0 unspecified atom stereocenters. The molecule has 9 nitrogen and oxygen atoms in total. The lowest BCUT2D eigenvalue weighted by atomic mass is 10.1. The Morgan fingerprint density at radius 2 is 1.82 bits per heavy atom. The third kappa shape index (κ3) is 3.68. The number of nitro benzene ring substituents is 1. The number of carbonyl (C=O) groups is 2. The Labute approximate surface area is 165 Å². The lowest BCUT2D eigenvalue weighted by molar-refractivity contribution is -0.384. The van der Waals surface area contributed by atoms with Crippen LogP contribution in [0.1, 0.15) is 45.1 Å². The van der Waals surface area contributed by atoms with E-state index >= 15 is 0 Å². The predicted molar refractivity (Wildman–Crippen MR) is 104 cm³/mol. The number of thioether (sulfide) groups is 1. The van der Waals surface area contributed by atoms with Gasteiger partial charge in [-0.2, -0.15) is 0 Å². The molecule has 0 radical (unpaired) electrons. The molecular weight excluding hydrogens is 382 g/mol. The van der Waals surface area contributed by atoms with Gasteiger partial charge in [-0.15, -0.1) is 10.2 Å². The molecule has 0 spiro atoms. The largest absolute Gasteiger partial charge is 0.294 e. The molecule has 10 heteroatoms. The second-order valence-corrected chi connectivity index (χ2v) is 7.15. The number of fused-ring (bicyclic) bond motifs is 1. The number of nitro groups is 1. The molecule has 1 amide bonds. The van der Waals surface area contributed by atoms with E-state index in [1.807, 2.05) is 13.8 Å². The maximum atomic E-state index is 12.9. The van der Waals surface area contributed by atoms with Crippen molar-refractivity contribution in [2.24, 2.45) is 0 Å². The summed E-state index contributed by atoms with van der Waals surface area (Å²) >= 11 is 1.16. The van der Waals surface area contributed by atoms with Crippen molar-refractivity contribution in [1.82, 2.24) is 14.9 Å². The summed E-state index contributed by atoms with van der Waals surface area (Å²) in [4.78, 5) is 36.6. The quantitative estimate of drug-likeness (QED) is 0.517. The third-order valence-electron chi connectivity index (χ3n) is 4.12. The van der Waals surface area contributed by atoms with Crippen LogP contribution in [0.15, 0.2) is 40.7 Å². The third-order valence-corrected chi connectivity index (χ3v) is 5.19. The van der Waals surface area contributed by atoms with Crippen molar-refractivity contribution >= 4 is 34.8 Å². The molecule has 1 aliphatic heterocycles. The summed E-state index contributed by atoms with van der Waals surface area (Å²) in [6.45, 7) is 3.79. The van der Waals surface area contributed by atoms with Crippen molar-refractivity contribution < 1.29 is 14.5 Å². The highest BCUT2D eigenvalue weighted by molar-refractivity contribution is 8.04. The van der Waals surface area contributed by atoms with E-state index in [1.165, 1.54) is 28.1 Å². The Balaban J connectivity index is 2.19. The maximum Gasteiger partial charge on any atom is 0.269 e. The summed E-state index contributed by atoms with van der Waals surface area (Å²) < 4.78 is 1.52. The first-order chi connectivity index (χ1) is 13.5. The highest BCUT2D eigenvalue weighted by Crippen LogP contribution is 2.40. The first kappa shape index (κ1) is 19.7. The lowest BCUT2D eigenvalue weighted by Crippen LogP contribution is -2.41. The van der Waals surface area contributed by atoms with Crippen LogP contribution in [0.25, 0.3) is 5.70 Å². The zero-order valence-corrected chi connectivity index (χ0v) is 16.3. The van der Waals surface area contributed by atoms with Crippen LogP contribution in [0.5, 0.6) is 0 Å². The van der Waals surface area contributed by atoms with Crippen LogP contribution in [-0.2, 0) is 9.59 Å². The molecule has 0 saturated heterocycles. The second-order valence-electron chi connectivity index (χ2n) is 6.17. The second kappa shape index (κ2) is 8.34. The molecule has 0 saturated carbocycles. The number of rotatable bonds is 7. The molecule has 1 aromatic heterocycles. The van der Waals surface area contributed by atoms with Crippen LogP contribution in [0.4, 0.5) is 5.69 Å². The Hall–Kier alpha value is -3.01. The first-order valence-electron chi connectivity index (χ1n) is 8.91. The van der Waals surface area contributed by atoms with Crippen LogP contribution < -0.4 is 5.01 Å². The van der Waals surface area contributed by atoms with Crippen LogP contribution in [-0.4, -0.2) is 31.5 Å². The van der Waals surface area contributed by atoms with Gasteiger partial charge in [0.25, 0.3) is 5.69 Å². The minimum absolute atomic E-state index is 0.0642. The molecule has 28 heavy (non-hydrogen) atoms. The fraction of sp³-hybridized carbons (Fsp3) is 0.333. The summed E-state index contributed by atoms with van der Waals surface area (Å²) in [6, 6.07) is 5.82. The number of non-ortho nitro benzene ring substituents is 1. The van der Waals surface area contributed by atoms with Gasteiger partial charge >= 0.3 is 0 Å². The summed E-state index contributed by atoms with van der Waals surface area (Å²) in [7, 11) is 0. The van der Waals surface area contributed by atoms with E-state index in [9.17, 15) is 19.7 Å². The van der Waals surface area contributed by atoms with Gasteiger partial charge in [0.2, 0.25) is 11.1 Å². The molecule has 3 rings (SSSR count). The SMILES string of the molecule is CCCC(=O)C1=C(c2ccc([N+](=O)[O-])cc2)N(C(=O)CCC)n2cnnc2S1. The summed E-state index contributed by atoms with van der Waals surface area (Å²) in [5.41, 5.74) is 0.885. The summed E-state index contributed by atoms with van der Waals surface area (Å²) in [6.07, 6.45) is 3.30. The predicted octanol–water partition coefficient (Wildman–Crippen LogP) is 3.29. The fourth-order valence-electron chi connectivity index (χ4n) is 2.86. The number of benzene rings is 1. The van der Waals surface area contributed by atoms with E-state index in [-0.39, 0.29) is 23.8 Å².